The topological polar surface area (TPSA) is 67.3 Å². The number of carbonyl (C=O) groups is 1. The third-order valence-electron chi connectivity index (χ3n) is 2.11. The van der Waals surface area contributed by atoms with Gasteiger partial charge >= 0.3 is 6.09 Å². The maximum absolute atomic E-state index is 11.7. The molecule has 1 N–H and O–H groups in total. The summed E-state index contributed by atoms with van der Waals surface area (Å²) in [4.78, 5) is 21.0. The molecule has 0 aliphatic rings. The first-order chi connectivity index (χ1) is 8.79. The van der Waals surface area contributed by atoms with Gasteiger partial charge in [0, 0.05) is 20.1 Å². The lowest BCUT2D eigenvalue weighted by atomic mass is 10.2. The van der Waals surface area contributed by atoms with E-state index < -0.39 is 5.60 Å². The van der Waals surface area contributed by atoms with Crippen LogP contribution in [0.3, 0.4) is 0 Å². The summed E-state index contributed by atoms with van der Waals surface area (Å²) < 4.78 is 5.23. The van der Waals surface area contributed by atoms with E-state index in [1.165, 1.54) is 17.4 Å². The molecule has 0 radical (unpaired) electrons. The minimum Gasteiger partial charge on any atom is -0.444 e. The van der Waals surface area contributed by atoms with Crippen LogP contribution in [0.5, 0.6) is 0 Å². The Morgan fingerprint density at radius 1 is 1.53 bits per heavy atom. The predicted octanol–water partition coefficient (Wildman–Crippen LogP) is 2.41. The number of aromatic nitrogens is 2. The zero-order valence-corrected chi connectivity index (χ0v) is 12.4. The summed E-state index contributed by atoms with van der Waals surface area (Å²) in [6.07, 6.45) is 2.56. The van der Waals surface area contributed by atoms with Crippen molar-refractivity contribution in [2.45, 2.75) is 26.4 Å². The number of nitrogens with zero attached hydrogens (tertiary/aromatic N) is 3. The van der Waals surface area contributed by atoms with E-state index in [0.717, 1.165) is 0 Å². The lowest BCUT2D eigenvalue weighted by Gasteiger charge is -2.24. The first kappa shape index (κ1) is 15.5. The molecule has 1 heterocycles. The Morgan fingerprint density at radius 2 is 2.21 bits per heavy atom. The summed E-state index contributed by atoms with van der Waals surface area (Å²) in [6, 6.07) is 0. The number of rotatable bonds is 4. The van der Waals surface area contributed by atoms with E-state index in [0.29, 0.717) is 23.9 Å². The Balaban J connectivity index is 2.37. The van der Waals surface area contributed by atoms with E-state index in [1.807, 2.05) is 20.8 Å². The fourth-order valence-corrected chi connectivity index (χ4v) is 1.39. The molecule has 106 valence electrons. The van der Waals surface area contributed by atoms with Crippen LogP contribution in [0, 0.1) is 0 Å². The number of likely N-dealkylation sites (N-methyl/N-ethyl adjacent to an activating group) is 1. The molecular formula is C12H19ClN4O2. The van der Waals surface area contributed by atoms with Gasteiger partial charge in [0.15, 0.2) is 0 Å². The normalized spacial score (nSPS) is 11.0. The lowest BCUT2D eigenvalue weighted by Crippen LogP contribution is -2.36. The van der Waals surface area contributed by atoms with E-state index in [-0.39, 0.29) is 6.09 Å². The van der Waals surface area contributed by atoms with Gasteiger partial charge in [0.05, 0.1) is 6.20 Å². The first-order valence-corrected chi connectivity index (χ1v) is 6.31. The van der Waals surface area contributed by atoms with Gasteiger partial charge in [-0.05, 0) is 20.8 Å². The van der Waals surface area contributed by atoms with Crippen LogP contribution in [-0.4, -0.2) is 46.7 Å². The van der Waals surface area contributed by atoms with Crippen LogP contribution in [0.4, 0.5) is 10.6 Å². The molecule has 0 atom stereocenters. The molecule has 1 amide bonds. The molecule has 6 nitrogen and oxygen atoms in total. The Bertz CT molecular complexity index is 434. The van der Waals surface area contributed by atoms with Crippen LogP contribution in [0.15, 0.2) is 12.5 Å². The Kier molecular flexibility index (Phi) is 5.35. The number of hydrogen-bond donors (Lipinski definition) is 1. The highest BCUT2D eigenvalue weighted by Crippen LogP contribution is 2.15. The van der Waals surface area contributed by atoms with E-state index >= 15 is 0 Å². The molecule has 0 saturated heterocycles. The Labute approximate surface area is 118 Å². The molecule has 0 aromatic carbocycles. The molecule has 1 aromatic heterocycles. The van der Waals surface area contributed by atoms with Crippen molar-refractivity contribution in [2.75, 3.05) is 25.5 Å². The molecule has 1 aromatic rings. The minimum absolute atomic E-state index is 0.358. The second-order valence-electron chi connectivity index (χ2n) is 5.05. The third kappa shape index (κ3) is 5.74. The average Bonchev–Trinajstić information content (AvgIpc) is 2.29. The minimum atomic E-state index is -0.491. The molecule has 0 fully saturated rings. The molecule has 1 rings (SSSR count). The molecule has 7 heteroatoms. The van der Waals surface area contributed by atoms with Crippen molar-refractivity contribution in [3.05, 3.63) is 17.5 Å². The van der Waals surface area contributed by atoms with Crippen LogP contribution in [0.1, 0.15) is 20.8 Å². The number of halogens is 1. The molecule has 0 saturated carbocycles. The summed E-state index contributed by atoms with van der Waals surface area (Å²) >= 11 is 5.90. The number of carbonyl (C=O) groups excluding carboxylic acids is 1. The number of ether oxygens (including phenoxy) is 1. The van der Waals surface area contributed by atoms with Crippen LogP contribution >= 0.6 is 11.6 Å². The number of nitrogens with one attached hydrogen (secondary N) is 1. The van der Waals surface area contributed by atoms with Gasteiger partial charge < -0.3 is 15.0 Å². The quantitative estimate of drug-likeness (QED) is 0.920. The molecular weight excluding hydrogens is 268 g/mol. The van der Waals surface area contributed by atoms with Crippen LogP contribution in [0.25, 0.3) is 0 Å². The van der Waals surface area contributed by atoms with Gasteiger partial charge in [0.1, 0.15) is 22.8 Å². The molecule has 19 heavy (non-hydrogen) atoms. The van der Waals surface area contributed by atoms with Crippen LogP contribution in [-0.2, 0) is 4.74 Å². The summed E-state index contributed by atoms with van der Waals surface area (Å²) in [5.74, 6) is 0.550. The van der Waals surface area contributed by atoms with Crippen molar-refractivity contribution in [1.29, 1.82) is 0 Å². The highest BCUT2D eigenvalue weighted by Gasteiger charge is 2.19. The number of anilines is 1. The third-order valence-corrected chi connectivity index (χ3v) is 2.39. The van der Waals surface area contributed by atoms with E-state index in [2.05, 4.69) is 15.3 Å². The largest absolute Gasteiger partial charge is 0.444 e. The van der Waals surface area contributed by atoms with Gasteiger partial charge in [-0.15, -0.1) is 0 Å². The lowest BCUT2D eigenvalue weighted by molar-refractivity contribution is 0.0305. The van der Waals surface area contributed by atoms with Gasteiger partial charge in [-0.1, -0.05) is 11.6 Å². The second kappa shape index (κ2) is 6.56. The van der Waals surface area contributed by atoms with E-state index in [9.17, 15) is 4.79 Å². The number of amides is 1. The van der Waals surface area contributed by atoms with Gasteiger partial charge in [0.25, 0.3) is 0 Å². The zero-order chi connectivity index (χ0) is 14.5. The van der Waals surface area contributed by atoms with Crippen LogP contribution < -0.4 is 5.32 Å². The van der Waals surface area contributed by atoms with Crippen molar-refractivity contribution in [1.82, 2.24) is 14.9 Å². The first-order valence-electron chi connectivity index (χ1n) is 5.93. The fraction of sp³-hybridized carbons (Fsp3) is 0.583. The monoisotopic (exact) mass is 286 g/mol. The SMILES string of the molecule is CN(CCNc1ncncc1Cl)C(=O)OC(C)(C)C. The van der Waals surface area contributed by atoms with Crippen molar-refractivity contribution in [3.8, 4) is 0 Å². The summed E-state index contributed by atoms with van der Waals surface area (Å²) in [5.41, 5.74) is -0.491. The molecule has 0 aliphatic carbocycles. The van der Waals surface area contributed by atoms with E-state index in [1.54, 1.807) is 7.05 Å². The molecule has 0 bridgehead atoms. The zero-order valence-electron chi connectivity index (χ0n) is 11.6. The maximum atomic E-state index is 11.7. The smallest absolute Gasteiger partial charge is 0.410 e. The molecule has 0 aliphatic heterocycles. The van der Waals surface area contributed by atoms with Gasteiger partial charge in [-0.3, -0.25) is 0 Å². The predicted molar refractivity (Wildman–Crippen MR) is 74.4 cm³/mol. The Morgan fingerprint density at radius 3 is 2.79 bits per heavy atom. The standard InChI is InChI=1S/C12H19ClN4O2/c1-12(2,3)19-11(18)17(4)6-5-15-10-9(13)7-14-8-16-10/h7-8H,5-6H2,1-4H3,(H,14,15,16). The van der Waals surface area contributed by atoms with Crippen molar-refractivity contribution < 1.29 is 9.53 Å². The van der Waals surface area contributed by atoms with Crippen molar-refractivity contribution in [3.63, 3.8) is 0 Å². The highest BCUT2D eigenvalue weighted by atomic mass is 35.5. The second-order valence-corrected chi connectivity index (χ2v) is 5.46. The average molecular weight is 287 g/mol. The van der Waals surface area contributed by atoms with E-state index in [4.69, 9.17) is 16.3 Å². The Hall–Kier alpha value is -1.56. The van der Waals surface area contributed by atoms with Gasteiger partial charge in [-0.2, -0.15) is 0 Å². The molecule has 0 unspecified atom stereocenters. The summed E-state index contributed by atoms with van der Waals surface area (Å²) in [6.45, 7) is 6.49. The van der Waals surface area contributed by atoms with Crippen LogP contribution in [0.2, 0.25) is 5.02 Å². The number of hydrogen-bond acceptors (Lipinski definition) is 5. The highest BCUT2D eigenvalue weighted by molar-refractivity contribution is 6.32. The van der Waals surface area contributed by atoms with Gasteiger partial charge in [-0.25, -0.2) is 14.8 Å². The van der Waals surface area contributed by atoms with Crippen molar-refractivity contribution >= 4 is 23.5 Å². The maximum Gasteiger partial charge on any atom is 0.410 e. The summed E-state index contributed by atoms with van der Waals surface area (Å²) in [7, 11) is 1.68. The summed E-state index contributed by atoms with van der Waals surface area (Å²) in [5, 5.41) is 3.48. The fourth-order valence-electron chi connectivity index (χ4n) is 1.22. The molecule has 0 spiro atoms. The van der Waals surface area contributed by atoms with Crippen molar-refractivity contribution in [2.24, 2.45) is 0 Å². The van der Waals surface area contributed by atoms with Gasteiger partial charge in [0.2, 0.25) is 0 Å².